The molecule has 0 saturated heterocycles. The van der Waals surface area contributed by atoms with Gasteiger partial charge in [0.2, 0.25) is 0 Å². The highest BCUT2D eigenvalue weighted by molar-refractivity contribution is 5.82. The Morgan fingerprint density at radius 1 is 0.513 bits per heavy atom. The van der Waals surface area contributed by atoms with Crippen LogP contribution in [0.2, 0.25) is 0 Å². The van der Waals surface area contributed by atoms with E-state index < -0.39 is 0 Å². The number of hydrogen-bond donors (Lipinski definition) is 0. The number of aryl methyl sites for hydroxylation is 1. The van der Waals surface area contributed by atoms with Crippen LogP contribution in [-0.4, -0.2) is 12.8 Å². The summed E-state index contributed by atoms with van der Waals surface area (Å²) in [5.41, 5.74) is 3.55. The quantitative estimate of drug-likeness (QED) is 0.0918. The average molecular weight is 534 g/mol. The van der Waals surface area contributed by atoms with Crippen LogP contribution in [0, 0.1) is 0 Å². The van der Waals surface area contributed by atoms with Gasteiger partial charge in [0.25, 0.3) is 0 Å². The van der Waals surface area contributed by atoms with E-state index in [1.165, 1.54) is 134 Å². The van der Waals surface area contributed by atoms with Crippen LogP contribution in [0.25, 0.3) is 0 Å². The fourth-order valence-electron chi connectivity index (χ4n) is 5.14. The molecule has 0 aliphatic heterocycles. The van der Waals surface area contributed by atoms with Crippen LogP contribution in [-0.2, 0) is 6.42 Å². The lowest BCUT2D eigenvalue weighted by molar-refractivity contribution is 0.304. The molecule has 0 unspecified atom stereocenters. The molecule has 0 radical (unpaired) electrons. The van der Waals surface area contributed by atoms with E-state index in [-0.39, 0.29) is 0 Å². The third kappa shape index (κ3) is 18.0. The van der Waals surface area contributed by atoms with E-state index in [9.17, 15) is 0 Å². The summed E-state index contributed by atoms with van der Waals surface area (Å²) in [7, 11) is 0. The SMILES string of the molecule is CCCCCCCCCCCCCCCCc1ccc(N=Cc2ccc(OCCCCCCCC)cc2)cc1. The molecule has 2 aromatic rings. The number of nitrogens with zero attached hydrogens (tertiary/aromatic N) is 1. The van der Waals surface area contributed by atoms with Crippen LogP contribution in [0.4, 0.5) is 5.69 Å². The Bertz CT molecular complexity index is 824. The predicted molar refractivity (Wildman–Crippen MR) is 173 cm³/mol. The average Bonchev–Trinajstić information content (AvgIpc) is 2.97. The summed E-state index contributed by atoms with van der Waals surface area (Å²) < 4.78 is 5.89. The predicted octanol–water partition coefficient (Wildman–Crippen LogP) is 12.2. The monoisotopic (exact) mass is 533 g/mol. The Labute approximate surface area is 242 Å². The molecule has 0 bridgehead atoms. The zero-order valence-corrected chi connectivity index (χ0v) is 25.6. The highest BCUT2D eigenvalue weighted by atomic mass is 16.5. The fourth-order valence-corrected chi connectivity index (χ4v) is 5.14. The first kappa shape index (κ1) is 33.1. The highest BCUT2D eigenvalue weighted by Gasteiger charge is 1.98. The van der Waals surface area contributed by atoms with Crippen molar-refractivity contribution < 1.29 is 4.74 Å². The van der Waals surface area contributed by atoms with Gasteiger partial charge in [-0.1, -0.05) is 142 Å². The summed E-state index contributed by atoms with van der Waals surface area (Å²) >= 11 is 0. The maximum atomic E-state index is 5.89. The van der Waals surface area contributed by atoms with E-state index in [2.05, 4.69) is 67.4 Å². The molecule has 0 saturated carbocycles. The van der Waals surface area contributed by atoms with Crippen LogP contribution < -0.4 is 4.74 Å². The second kappa shape index (κ2) is 23.8. The molecule has 2 nitrogen and oxygen atoms in total. The van der Waals surface area contributed by atoms with Crippen LogP contribution in [0.3, 0.4) is 0 Å². The summed E-state index contributed by atoms with van der Waals surface area (Å²) in [5, 5.41) is 0. The van der Waals surface area contributed by atoms with Crippen molar-refractivity contribution in [3.8, 4) is 5.75 Å². The minimum Gasteiger partial charge on any atom is -0.494 e. The van der Waals surface area contributed by atoms with E-state index >= 15 is 0 Å². The first-order chi connectivity index (χ1) is 19.3. The third-order valence-corrected chi connectivity index (χ3v) is 7.76. The minimum absolute atomic E-state index is 0.811. The molecular formula is C37H59NO. The number of unbranched alkanes of at least 4 members (excludes halogenated alkanes) is 18. The van der Waals surface area contributed by atoms with Gasteiger partial charge in [0, 0.05) is 6.21 Å². The van der Waals surface area contributed by atoms with Crippen molar-refractivity contribution in [2.75, 3.05) is 6.61 Å². The van der Waals surface area contributed by atoms with E-state index in [0.717, 1.165) is 30.0 Å². The van der Waals surface area contributed by atoms with E-state index in [0.29, 0.717) is 0 Å². The van der Waals surface area contributed by atoms with E-state index in [1.807, 2.05) is 6.21 Å². The van der Waals surface area contributed by atoms with Gasteiger partial charge in [0.1, 0.15) is 5.75 Å². The van der Waals surface area contributed by atoms with Gasteiger partial charge in [0.15, 0.2) is 0 Å². The van der Waals surface area contributed by atoms with E-state index in [1.54, 1.807) is 0 Å². The summed E-state index contributed by atoms with van der Waals surface area (Å²) in [5.74, 6) is 0.952. The standard InChI is InChI=1S/C37H59NO/c1-3-5-7-9-11-12-13-14-15-16-17-18-19-21-23-34-24-28-36(29-25-34)38-33-35-26-30-37(31-27-35)39-32-22-20-10-8-6-4-2/h24-31,33H,3-23,32H2,1-2H3. The fraction of sp³-hybridized carbons (Fsp3) is 0.649. The van der Waals surface area contributed by atoms with Gasteiger partial charge >= 0.3 is 0 Å². The molecule has 0 atom stereocenters. The van der Waals surface area contributed by atoms with Crippen molar-refractivity contribution in [2.24, 2.45) is 4.99 Å². The molecule has 0 spiro atoms. The van der Waals surface area contributed by atoms with Crippen molar-refractivity contribution in [1.29, 1.82) is 0 Å². The van der Waals surface area contributed by atoms with E-state index in [4.69, 9.17) is 4.74 Å². The lowest BCUT2D eigenvalue weighted by Crippen LogP contribution is -1.97. The molecule has 0 N–H and O–H groups in total. The maximum Gasteiger partial charge on any atom is 0.119 e. The molecule has 0 fully saturated rings. The van der Waals surface area contributed by atoms with Crippen molar-refractivity contribution in [2.45, 2.75) is 149 Å². The highest BCUT2D eigenvalue weighted by Crippen LogP contribution is 2.18. The number of hydrogen-bond acceptors (Lipinski definition) is 2. The van der Waals surface area contributed by atoms with Crippen molar-refractivity contribution in [3.05, 3.63) is 59.7 Å². The van der Waals surface area contributed by atoms with Gasteiger partial charge in [-0.2, -0.15) is 0 Å². The smallest absolute Gasteiger partial charge is 0.119 e. The lowest BCUT2D eigenvalue weighted by atomic mass is 10.0. The summed E-state index contributed by atoms with van der Waals surface area (Å²) in [6.45, 7) is 5.36. The second-order valence-electron chi connectivity index (χ2n) is 11.5. The molecule has 0 aliphatic rings. The van der Waals surface area contributed by atoms with Crippen molar-refractivity contribution in [3.63, 3.8) is 0 Å². The van der Waals surface area contributed by atoms with Crippen LogP contribution in [0.5, 0.6) is 5.75 Å². The van der Waals surface area contributed by atoms with Crippen LogP contribution in [0.15, 0.2) is 53.5 Å². The molecule has 0 amide bonds. The first-order valence-electron chi connectivity index (χ1n) is 16.7. The minimum atomic E-state index is 0.811. The van der Waals surface area contributed by atoms with Crippen molar-refractivity contribution in [1.82, 2.24) is 0 Å². The molecule has 0 heterocycles. The zero-order valence-electron chi connectivity index (χ0n) is 25.6. The summed E-state index contributed by atoms with van der Waals surface area (Å²) in [4.78, 5) is 4.67. The number of aliphatic imine (C=N–C) groups is 1. The molecule has 2 heteroatoms. The molecule has 39 heavy (non-hydrogen) atoms. The Hall–Kier alpha value is -2.09. The van der Waals surface area contributed by atoms with Gasteiger partial charge in [-0.25, -0.2) is 0 Å². The van der Waals surface area contributed by atoms with Gasteiger partial charge in [0.05, 0.1) is 12.3 Å². The summed E-state index contributed by atoms with van der Waals surface area (Å²) in [6, 6.07) is 17.1. The van der Waals surface area contributed by atoms with Crippen molar-refractivity contribution >= 4 is 11.9 Å². The summed E-state index contributed by atoms with van der Waals surface area (Å²) in [6.07, 6.45) is 30.7. The van der Waals surface area contributed by atoms with Crippen LogP contribution >= 0.6 is 0 Å². The maximum absolute atomic E-state index is 5.89. The largest absolute Gasteiger partial charge is 0.494 e. The number of benzene rings is 2. The van der Waals surface area contributed by atoms with Crippen LogP contribution in [0.1, 0.15) is 153 Å². The molecule has 2 rings (SSSR count). The number of ether oxygens (including phenoxy) is 1. The van der Waals surface area contributed by atoms with Gasteiger partial charge < -0.3 is 4.74 Å². The van der Waals surface area contributed by atoms with Gasteiger partial charge in [-0.05, 0) is 66.8 Å². The molecule has 218 valence electrons. The van der Waals surface area contributed by atoms with Gasteiger partial charge in [-0.3, -0.25) is 4.99 Å². The third-order valence-electron chi connectivity index (χ3n) is 7.76. The Kier molecular flexibility index (Phi) is 20.2. The molecule has 2 aromatic carbocycles. The Balaban J connectivity index is 1.49. The molecule has 0 aromatic heterocycles. The Morgan fingerprint density at radius 3 is 1.49 bits per heavy atom. The Morgan fingerprint density at radius 2 is 0.974 bits per heavy atom. The molecular weight excluding hydrogens is 474 g/mol. The zero-order chi connectivity index (χ0) is 27.6. The first-order valence-corrected chi connectivity index (χ1v) is 16.7. The normalized spacial score (nSPS) is 11.4. The topological polar surface area (TPSA) is 21.6 Å². The number of rotatable bonds is 25. The lowest BCUT2D eigenvalue weighted by Gasteiger charge is -2.06. The molecule has 0 aliphatic carbocycles. The van der Waals surface area contributed by atoms with Gasteiger partial charge in [-0.15, -0.1) is 0 Å². The second-order valence-corrected chi connectivity index (χ2v) is 11.5.